The number of rotatable bonds is 3. The van der Waals surface area contributed by atoms with E-state index in [0.717, 1.165) is 18.4 Å². The van der Waals surface area contributed by atoms with E-state index in [2.05, 4.69) is 15.9 Å². The van der Waals surface area contributed by atoms with Gasteiger partial charge in [-0.05, 0) is 40.4 Å². The summed E-state index contributed by atoms with van der Waals surface area (Å²) in [6, 6.07) is 5.25. The van der Waals surface area contributed by atoms with E-state index in [1.54, 1.807) is 6.07 Å². The van der Waals surface area contributed by atoms with Gasteiger partial charge in [-0.15, -0.1) is 0 Å². The lowest BCUT2D eigenvalue weighted by Crippen LogP contribution is -2.41. The van der Waals surface area contributed by atoms with Crippen LogP contribution in [0.5, 0.6) is 0 Å². The first kappa shape index (κ1) is 11.0. The second kappa shape index (κ2) is 4.60. The van der Waals surface area contributed by atoms with Crippen molar-refractivity contribution in [3.63, 3.8) is 0 Å². The summed E-state index contributed by atoms with van der Waals surface area (Å²) < 4.78 is 19.2. The third kappa shape index (κ3) is 2.56. The van der Waals surface area contributed by atoms with E-state index in [9.17, 15) is 4.39 Å². The molecule has 2 nitrogen and oxygen atoms in total. The average Bonchev–Trinajstić information content (AvgIpc) is 2.17. The van der Waals surface area contributed by atoms with Gasteiger partial charge in [0.2, 0.25) is 0 Å². The summed E-state index contributed by atoms with van der Waals surface area (Å²) in [5.74, 6) is -0.249. The molecule has 2 N–H and O–H groups in total. The predicted octanol–water partition coefficient (Wildman–Crippen LogP) is 2.59. The Bertz CT molecular complexity index is 352. The molecule has 1 saturated carbocycles. The van der Waals surface area contributed by atoms with Crippen molar-refractivity contribution in [2.75, 3.05) is 0 Å². The molecule has 0 saturated heterocycles. The number of ether oxygens (including phenoxy) is 1. The molecule has 0 unspecified atom stereocenters. The predicted molar refractivity (Wildman–Crippen MR) is 59.9 cm³/mol. The van der Waals surface area contributed by atoms with Crippen LogP contribution in [0.2, 0.25) is 0 Å². The Labute approximate surface area is 96.7 Å². The van der Waals surface area contributed by atoms with Gasteiger partial charge in [0.05, 0.1) is 17.2 Å². The molecular formula is C11H13BrFNO. The highest BCUT2D eigenvalue weighted by molar-refractivity contribution is 9.10. The third-order valence-electron chi connectivity index (χ3n) is 2.64. The largest absolute Gasteiger partial charge is 0.373 e. The van der Waals surface area contributed by atoms with Crippen molar-refractivity contribution in [1.82, 2.24) is 0 Å². The van der Waals surface area contributed by atoms with E-state index >= 15 is 0 Å². The van der Waals surface area contributed by atoms with Gasteiger partial charge < -0.3 is 10.5 Å². The molecule has 1 fully saturated rings. The van der Waals surface area contributed by atoms with E-state index in [4.69, 9.17) is 10.5 Å². The van der Waals surface area contributed by atoms with Crippen LogP contribution < -0.4 is 5.73 Å². The fourth-order valence-electron chi connectivity index (χ4n) is 1.61. The molecule has 15 heavy (non-hydrogen) atoms. The number of hydrogen-bond donors (Lipinski definition) is 1. The normalized spacial score (nSPS) is 25.0. The summed E-state index contributed by atoms with van der Waals surface area (Å²) in [7, 11) is 0. The Morgan fingerprint density at radius 1 is 1.47 bits per heavy atom. The first-order valence-corrected chi connectivity index (χ1v) is 5.76. The molecule has 2 rings (SSSR count). The summed E-state index contributed by atoms with van der Waals surface area (Å²) in [6.45, 7) is 0.440. The lowest BCUT2D eigenvalue weighted by atomic mass is 9.90. The van der Waals surface area contributed by atoms with Crippen molar-refractivity contribution in [2.45, 2.75) is 31.6 Å². The zero-order chi connectivity index (χ0) is 10.8. The summed E-state index contributed by atoms with van der Waals surface area (Å²) in [5, 5.41) is 0. The Kier molecular flexibility index (Phi) is 3.38. The molecule has 1 aliphatic carbocycles. The lowest BCUT2D eigenvalue weighted by molar-refractivity contribution is -0.0191. The highest BCUT2D eigenvalue weighted by Crippen LogP contribution is 2.25. The number of hydrogen-bond acceptors (Lipinski definition) is 2. The highest BCUT2D eigenvalue weighted by atomic mass is 79.9. The van der Waals surface area contributed by atoms with Crippen molar-refractivity contribution < 1.29 is 9.13 Å². The molecule has 0 atom stereocenters. The molecule has 4 heteroatoms. The van der Waals surface area contributed by atoms with Gasteiger partial charge in [-0.2, -0.15) is 0 Å². The molecule has 0 heterocycles. The second-order valence-corrected chi connectivity index (χ2v) is 4.67. The van der Waals surface area contributed by atoms with E-state index in [-0.39, 0.29) is 18.0 Å². The summed E-state index contributed by atoms with van der Waals surface area (Å²) in [4.78, 5) is 0. The molecule has 1 aliphatic rings. The summed E-state index contributed by atoms with van der Waals surface area (Å²) >= 11 is 3.20. The lowest BCUT2D eigenvalue weighted by Gasteiger charge is -2.32. The quantitative estimate of drug-likeness (QED) is 0.919. The standard InChI is InChI=1S/C11H13BrFNO/c12-11-7(2-1-3-10(11)13)6-15-9-4-8(14)5-9/h1-3,8-9H,4-6,14H2. The van der Waals surface area contributed by atoms with Gasteiger partial charge in [-0.1, -0.05) is 12.1 Å². The summed E-state index contributed by atoms with van der Waals surface area (Å²) in [6.07, 6.45) is 2.06. The molecule has 0 bridgehead atoms. The number of benzene rings is 1. The molecule has 0 amide bonds. The minimum absolute atomic E-state index is 0.246. The topological polar surface area (TPSA) is 35.2 Å². The molecule has 0 aromatic heterocycles. The molecule has 1 aromatic rings. The molecule has 0 radical (unpaired) electrons. The van der Waals surface area contributed by atoms with Crippen LogP contribution in [-0.2, 0) is 11.3 Å². The minimum atomic E-state index is -0.249. The Hall–Kier alpha value is -0.450. The monoisotopic (exact) mass is 273 g/mol. The maximum absolute atomic E-state index is 13.1. The van der Waals surface area contributed by atoms with Gasteiger partial charge >= 0.3 is 0 Å². The third-order valence-corrected chi connectivity index (χ3v) is 3.53. The van der Waals surface area contributed by atoms with Gasteiger partial charge in [-0.25, -0.2) is 4.39 Å². The Morgan fingerprint density at radius 3 is 2.87 bits per heavy atom. The van der Waals surface area contributed by atoms with Crippen molar-refractivity contribution in [2.24, 2.45) is 5.73 Å². The van der Waals surface area contributed by atoms with Gasteiger partial charge in [-0.3, -0.25) is 0 Å². The Morgan fingerprint density at radius 2 is 2.20 bits per heavy atom. The van der Waals surface area contributed by atoms with Crippen molar-refractivity contribution in [3.8, 4) is 0 Å². The maximum atomic E-state index is 13.1. The smallest absolute Gasteiger partial charge is 0.137 e. The van der Waals surface area contributed by atoms with Crippen LogP contribution >= 0.6 is 15.9 Å². The molecular weight excluding hydrogens is 261 g/mol. The average molecular weight is 274 g/mol. The number of halogens is 2. The molecule has 0 aliphatic heterocycles. The van der Waals surface area contributed by atoms with E-state index < -0.39 is 0 Å². The zero-order valence-corrected chi connectivity index (χ0v) is 9.84. The van der Waals surface area contributed by atoms with Crippen LogP contribution in [-0.4, -0.2) is 12.1 Å². The Balaban J connectivity index is 1.91. The zero-order valence-electron chi connectivity index (χ0n) is 8.25. The minimum Gasteiger partial charge on any atom is -0.373 e. The SMILES string of the molecule is NC1CC(OCc2cccc(F)c2Br)C1. The molecule has 82 valence electrons. The van der Waals surface area contributed by atoms with E-state index in [1.807, 2.05) is 6.07 Å². The van der Waals surface area contributed by atoms with Gasteiger partial charge in [0.15, 0.2) is 0 Å². The van der Waals surface area contributed by atoms with Crippen molar-refractivity contribution in [3.05, 3.63) is 34.1 Å². The first-order chi connectivity index (χ1) is 7.16. The van der Waals surface area contributed by atoms with Crippen LogP contribution in [0.15, 0.2) is 22.7 Å². The van der Waals surface area contributed by atoms with Gasteiger partial charge in [0.1, 0.15) is 5.82 Å². The maximum Gasteiger partial charge on any atom is 0.137 e. The van der Waals surface area contributed by atoms with Gasteiger partial charge in [0.25, 0.3) is 0 Å². The van der Waals surface area contributed by atoms with E-state index in [1.165, 1.54) is 6.07 Å². The van der Waals surface area contributed by atoms with Crippen LogP contribution in [0, 0.1) is 5.82 Å². The highest BCUT2D eigenvalue weighted by Gasteiger charge is 2.26. The van der Waals surface area contributed by atoms with Crippen LogP contribution in [0.4, 0.5) is 4.39 Å². The van der Waals surface area contributed by atoms with Gasteiger partial charge in [0, 0.05) is 6.04 Å². The van der Waals surface area contributed by atoms with Crippen LogP contribution in [0.25, 0.3) is 0 Å². The molecule has 1 aromatic carbocycles. The van der Waals surface area contributed by atoms with Crippen molar-refractivity contribution >= 4 is 15.9 Å². The fraction of sp³-hybridized carbons (Fsp3) is 0.455. The first-order valence-electron chi connectivity index (χ1n) is 4.97. The van der Waals surface area contributed by atoms with Crippen LogP contribution in [0.3, 0.4) is 0 Å². The van der Waals surface area contributed by atoms with E-state index in [0.29, 0.717) is 11.1 Å². The second-order valence-electron chi connectivity index (χ2n) is 3.88. The fourth-order valence-corrected chi connectivity index (χ4v) is 1.99. The summed E-state index contributed by atoms with van der Waals surface area (Å²) in [5.41, 5.74) is 6.49. The van der Waals surface area contributed by atoms with Crippen LogP contribution in [0.1, 0.15) is 18.4 Å². The van der Waals surface area contributed by atoms with Crippen molar-refractivity contribution in [1.29, 1.82) is 0 Å². The number of nitrogens with two attached hydrogens (primary N) is 1. The molecule has 0 spiro atoms.